The Morgan fingerprint density at radius 2 is 1.86 bits per heavy atom. The lowest BCUT2D eigenvalue weighted by Gasteiger charge is -2.44. The Morgan fingerprint density at radius 3 is 2.54 bits per heavy atom. The average Bonchev–Trinajstić information content (AvgIpc) is 2.68. The van der Waals surface area contributed by atoms with Gasteiger partial charge < -0.3 is 9.84 Å². The van der Waals surface area contributed by atoms with Crippen molar-refractivity contribution in [2.75, 3.05) is 0 Å². The van der Waals surface area contributed by atoms with Crippen molar-refractivity contribution in [2.24, 2.45) is 11.8 Å². The van der Waals surface area contributed by atoms with Crippen LogP contribution in [0.15, 0.2) is 54.6 Å². The molecule has 0 aliphatic heterocycles. The molecule has 0 bridgehead atoms. The molecule has 0 radical (unpaired) electrons. The van der Waals surface area contributed by atoms with Gasteiger partial charge in [0.15, 0.2) is 6.10 Å². The summed E-state index contributed by atoms with van der Waals surface area (Å²) in [5.74, 6) is 0.0841. The maximum Gasteiger partial charge on any atom is 0.339 e. The van der Waals surface area contributed by atoms with Crippen LogP contribution in [-0.4, -0.2) is 17.2 Å². The molecule has 150 valence electrons. The molecule has 3 nitrogen and oxygen atoms in total. The molecular formula is C24H29ClO3. The zero-order valence-corrected chi connectivity index (χ0v) is 17.5. The van der Waals surface area contributed by atoms with Gasteiger partial charge in [0, 0.05) is 10.9 Å². The van der Waals surface area contributed by atoms with E-state index in [1.165, 1.54) is 5.56 Å². The van der Waals surface area contributed by atoms with Gasteiger partial charge in [-0.05, 0) is 47.4 Å². The number of ether oxygens (including phenoxy) is 1. The normalized spacial score (nSPS) is 23.8. The lowest BCUT2D eigenvalue weighted by Crippen LogP contribution is -2.44. The van der Waals surface area contributed by atoms with E-state index in [1.807, 2.05) is 18.2 Å². The van der Waals surface area contributed by atoms with Crippen LogP contribution in [-0.2, 0) is 14.9 Å². The Balaban J connectivity index is 1.80. The van der Waals surface area contributed by atoms with Crippen molar-refractivity contribution in [2.45, 2.75) is 57.7 Å². The Labute approximate surface area is 172 Å². The Bertz CT molecular complexity index is 803. The number of esters is 1. The maximum absolute atomic E-state index is 12.7. The van der Waals surface area contributed by atoms with Gasteiger partial charge in [0.1, 0.15) is 6.10 Å². The summed E-state index contributed by atoms with van der Waals surface area (Å²) in [6.45, 7) is 6.63. The number of aliphatic hydroxyl groups is 1. The molecule has 1 unspecified atom stereocenters. The van der Waals surface area contributed by atoms with Crippen molar-refractivity contribution in [3.05, 3.63) is 70.7 Å². The first-order valence-electron chi connectivity index (χ1n) is 9.98. The fourth-order valence-electron chi connectivity index (χ4n) is 4.39. The minimum atomic E-state index is -1.32. The number of hydrogen-bond acceptors (Lipinski definition) is 3. The zero-order chi connectivity index (χ0) is 20.3. The summed E-state index contributed by atoms with van der Waals surface area (Å²) in [6.07, 6.45) is 1.38. The number of halogens is 1. The molecule has 0 saturated heterocycles. The first-order chi connectivity index (χ1) is 13.3. The van der Waals surface area contributed by atoms with Crippen molar-refractivity contribution in [1.82, 2.24) is 0 Å². The third kappa shape index (κ3) is 4.59. The highest BCUT2D eigenvalue weighted by atomic mass is 35.5. The van der Waals surface area contributed by atoms with Crippen molar-refractivity contribution < 1.29 is 14.6 Å². The Hall–Kier alpha value is -1.84. The molecule has 28 heavy (non-hydrogen) atoms. The van der Waals surface area contributed by atoms with Crippen molar-refractivity contribution in [3.63, 3.8) is 0 Å². The number of carbonyl (C=O) groups excluding carboxylic acids is 1. The minimum Gasteiger partial charge on any atom is -0.460 e. The van der Waals surface area contributed by atoms with E-state index in [1.54, 1.807) is 24.3 Å². The van der Waals surface area contributed by atoms with Gasteiger partial charge in [0.05, 0.1) is 0 Å². The Morgan fingerprint density at radius 1 is 1.14 bits per heavy atom. The lowest BCUT2D eigenvalue weighted by molar-refractivity contribution is -0.167. The van der Waals surface area contributed by atoms with Gasteiger partial charge in [-0.3, -0.25) is 0 Å². The average molecular weight is 401 g/mol. The summed E-state index contributed by atoms with van der Waals surface area (Å²) in [5, 5.41) is 11.0. The smallest absolute Gasteiger partial charge is 0.339 e. The van der Waals surface area contributed by atoms with Crippen LogP contribution in [0.5, 0.6) is 0 Å². The molecule has 1 fully saturated rings. The van der Waals surface area contributed by atoms with Crippen LogP contribution >= 0.6 is 11.6 Å². The molecule has 1 saturated carbocycles. The van der Waals surface area contributed by atoms with Gasteiger partial charge >= 0.3 is 5.97 Å². The first kappa shape index (κ1) is 20.9. The fraction of sp³-hybridized carbons (Fsp3) is 0.458. The number of rotatable bonds is 5. The topological polar surface area (TPSA) is 46.5 Å². The van der Waals surface area contributed by atoms with Crippen LogP contribution < -0.4 is 0 Å². The Kier molecular flexibility index (Phi) is 6.47. The summed E-state index contributed by atoms with van der Waals surface area (Å²) < 4.78 is 5.91. The quantitative estimate of drug-likeness (QED) is 0.655. The van der Waals surface area contributed by atoms with E-state index in [4.69, 9.17) is 16.3 Å². The highest BCUT2D eigenvalue weighted by Gasteiger charge is 2.42. The highest BCUT2D eigenvalue weighted by molar-refractivity contribution is 6.30. The summed E-state index contributed by atoms with van der Waals surface area (Å²) in [5.41, 5.74) is 1.57. The number of aliphatic hydroxyl groups excluding tert-OH is 1. The molecule has 0 amide bonds. The first-order valence-corrected chi connectivity index (χ1v) is 10.4. The van der Waals surface area contributed by atoms with Crippen molar-refractivity contribution in [1.29, 1.82) is 0 Å². The van der Waals surface area contributed by atoms with Gasteiger partial charge in [0.2, 0.25) is 0 Å². The third-order valence-electron chi connectivity index (χ3n) is 6.15. The van der Waals surface area contributed by atoms with E-state index >= 15 is 0 Å². The molecule has 3 rings (SSSR count). The molecule has 4 heteroatoms. The van der Waals surface area contributed by atoms with Gasteiger partial charge in [0.25, 0.3) is 0 Å². The van der Waals surface area contributed by atoms with Crippen molar-refractivity contribution in [3.8, 4) is 0 Å². The second-order valence-electron chi connectivity index (χ2n) is 8.55. The van der Waals surface area contributed by atoms with Crippen LogP contribution in [0.3, 0.4) is 0 Å². The van der Waals surface area contributed by atoms with Crippen molar-refractivity contribution >= 4 is 17.6 Å². The van der Waals surface area contributed by atoms with Crippen LogP contribution in [0.25, 0.3) is 0 Å². The molecule has 4 atom stereocenters. The zero-order valence-electron chi connectivity index (χ0n) is 16.8. The number of hydrogen-bond donors (Lipinski definition) is 1. The van der Waals surface area contributed by atoms with E-state index in [0.29, 0.717) is 16.5 Å². The SMILES string of the molecule is C[C@@H]1CC[C@@H](C(C)(C)c2ccccc2)[C@H](OC(=O)C(O)c2cccc(Cl)c2)C1. The summed E-state index contributed by atoms with van der Waals surface area (Å²) in [4.78, 5) is 12.7. The van der Waals surface area contributed by atoms with Gasteiger partial charge in [-0.2, -0.15) is 0 Å². The highest BCUT2D eigenvalue weighted by Crippen LogP contribution is 2.44. The van der Waals surface area contributed by atoms with Gasteiger partial charge in [-0.25, -0.2) is 4.79 Å². The predicted molar refractivity (Wildman–Crippen MR) is 112 cm³/mol. The second-order valence-corrected chi connectivity index (χ2v) is 8.98. The van der Waals surface area contributed by atoms with E-state index in [2.05, 4.69) is 32.9 Å². The van der Waals surface area contributed by atoms with Crippen LogP contribution in [0.1, 0.15) is 57.3 Å². The molecule has 2 aromatic rings. The molecule has 0 heterocycles. The van der Waals surface area contributed by atoms with E-state index in [9.17, 15) is 9.90 Å². The number of carbonyl (C=O) groups is 1. The van der Waals surface area contributed by atoms with E-state index < -0.39 is 12.1 Å². The van der Waals surface area contributed by atoms with Crippen LogP contribution in [0.4, 0.5) is 0 Å². The molecule has 1 N–H and O–H groups in total. The molecule has 1 aliphatic carbocycles. The van der Waals surface area contributed by atoms with Crippen LogP contribution in [0, 0.1) is 11.8 Å². The largest absolute Gasteiger partial charge is 0.460 e. The molecule has 0 aromatic heterocycles. The fourth-order valence-corrected chi connectivity index (χ4v) is 4.59. The van der Waals surface area contributed by atoms with E-state index in [0.717, 1.165) is 19.3 Å². The molecule has 2 aromatic carbocycles. The monoisotopic (exact) mass is 400 g/mol. The minimum absolute atomic E-state index is 0.132. The third-order valence-corrected chi connectivity index (χ3v) is 6.39. The summed E-state index contributed by atoms with van der Waals surface area (Å²) >= 11 is 5.99. The molecule has 0 spiro atoms. The molecular weight excluding hydrogens is 372 g/mol. The van der Waals surface area contributed by atoms with Gasteiger partial charge in [-0.15, -0.1) is 0 Å². The maximum atomic E-state index is 12.7. The second kappa shape index (κ2) is 8.67. The van der Waals surface area contributed by atoms with Crippen LogP contribution in [0.2, 0.25) is 5.02 Å². The van der Waals surface area contributed by atoms with Gasteiger partial charge in [-0.1, -0.05) is 81.3 Å². The summed E-state index contributed by atoms with van der Waals surface area (Å²) in [6, 6.07) is 17.1. The predicted octanol–water partition coefficient (Wildman–Crippen LogP) is 5.70. The lowest BCUT2D eigenvalue weighted by atomic mass is 9.64. The van der Waals surface area contributed by atoms with E-state index in [-0.39, 0.29) is 17.4 Å². The standard InChI is InChI=1S/C24H29ClO3/c1-16-12-13-20(24(2,3)18-9-5-4-6-10-18)21(14-16)28-23(27)22(26)17-8-7-11-19(25)15-17/h4-11,15-16,20-22,26H,12-14H2,1-3H3/t16-,20-,21-,22?/m1/s1. The number of benzene rings is 2. The molecule has 1 aliphatic rings. The summed E-state index contributed by atoms with van der Waals surface area (Å²) in [7, 11) is 0.